The van der Waals surface area contributed by atoms with Crippen LogP contribution in [0.2, 0.25) is 0 Å². The molecule has 4 rings (SSSR count). The SMILES string of the molecule is COCCCc1cnc2c(C(=O)Cc3cnccc3N3C[C@H](C)C[C@H](CC(=O)OC(C)(C)C)C3)c(NC(=O)OC(C)(C)C)oc2c1. The summed E-state index contributed by atoms with van der Waals surface area (Å²) in [5.74, 6) is -0.0510. The molecule has 11 heteroatoms. The molecule has 0 bridgehead atoms. The molecule has 1 aliphatic heterocycles. The van der Waals surface area contributed by atoms with Gasteiger partial charge in [-0.2, -0.15) is 0 Å². The summed E-state index contributed by atoms with van der Waals surface area (Å²) < 4.78 is 22.2. The van der Waals surface area contributed by atoms with Crippen LogP contribution in [0.15, 0.2) is 35.1 Å². The molecular formula is C35H48N4O7. The van der Waals surface area contributed by atoms with Crippen molar-refractivity contribution in [2.24, 2.45) is 11.8 Å². The second kappa shape index (κ2) is 14.6. The number of esters is 1. The summed E-state index contributed by atoms with van der Waals surface area (Å²) in [7, 11) is 1.66. The molecule has 250 valence electrons. The van der Waals surface area contributed by atoms with Crippen molar-refractivity contribution in [1.29, 1.82) is 0 Å². The van der Waals surface area contributed by atoms with E-state index in [0.29, 0.717) is 36.6 Å². The average molecular weight is 637 g/mol. The summed E-state index contributed by atoms with van der Waals surface area (Å²) in [6.45, 7) is 15.1. The maximum absolute atomic E-state index is 14.1. The monoisotopic (exact) mass is 636 g/mol. The fourth-order valence-corrected chi connectivity index (χ4v) is 5.89. The normalized spacial score (nSPS) is 17.2. The molecule has 46 heavy (non-hydrogen) atoms. The highest BCUT2D eigenvalue weighted by Crippen LogP contribution is 2.34. The Balaban J connectivity index is 1.61. The summed E-state index contributed by atoms with van der Waals surface area (Å²) >= 11 is 0. The number of nitrogens with zero attached hydrogens (tertiary/aromatic N) is 3. The summed E-state index contributed by atoms with van der Waals surface area (Å²) in [5, 5.41) is 2.64. The van der Waals surface area contributed by atoms with E-state index in [9.17, 15) is 14.4 Å². The van der Waals surface area contributed by atoms with Crippen LogP contribution in [0, 0.1) is 11.8 Å². The Morgan fingerprint density at radius 3 is 2.50 bits per heavy atom. The molecule has 0 unspecified atom stereocenters. The van der Waals surface area contributed by atoms with Crippen LogP contribution in [0.3, 0.4) is 0 Å². The third-order valence-electron chi connectivity index (χ3n) is 7.48. The van der Waals surface area contributed by atoms with E-state index >= 15 is 0 Å². The van der Waals surface area contributed by atoms with Gasteiger partial charge in [-0.05, 0) is 90.3 Å². The van der Waals surface area contributed by atoms with E-state index in [1.807, 2.05) is 32.9 Å². The molecule has 0 aromatic carbocycles. The number of hydrogen-bond acceptors (Lipinski definition) is 10. The first-order valence-corrected chi connectivity index (χ1v) is 15.9. The minimum Gasteiger partial charge on any atom is -0.460 e. The molecular weight excluding hydrogens is 588 g/mol. The molecule has 0 saturated carbocycles. The van der Waals surface area contributed by atoms with Gasteiger partial charge in [-0.3, -0.25) is 24.9 Å². The Kier molecular flexibility index (Phi) is 11.1. The van der Waals surface area contributed by atoms with E-state index in [1.54, 1.807) is 46.5 Å². The quantitative estimate of drug-likeness (QED) is 0.137. The number of amides is 1. The number of anilines is 2. The van der Waals surface area contributed by atoms with Crippen molar-refractivity contribution in [3.05, 3.63) is 47.4 Å². The number of carbonyl (C=O) groups is 3. The van der Waals surface area contributed by atoms with Gasteiger partial charge in [0.15, 0.2) is 11.4 Å². The lowest BCUT2D eigenvalue weighted by Crippen LogP contribution is -2.41. The first-order chi connectivity index (χ1) is 21.6. The number of nitrogens with one attached hydrogen (secondary N) is 1. The van der Waals surface area contributed by atoms with E-state index in [0.717, 1.165) is 42.6 Å². The van der Waals surface area contributed by atoms with E-state index in [1.165, 1.54) is 0 Å². The molecule has 3 aromatic heterocycles. The molecule has 1 saturated heterocycles. The van der Waals surface area contributed by atoms with Crippen molar-refractivity contribution < 1.29 is 33.0 Å². The fourth-order valence-electron chi connectivity index (χ4n) is 5.89. The van der Waals surface area contributed by atoms with Crippen molar-refractivity contribution in [1.82, 2.24) is 9.97 Å². The number of rotatable bonds is 11. The van der Waals surface area contributed by atoms with Gasteiger partial charge >= 0.3 is 12.1 Å². The van der Waals surface area contributed by atoms with Gasteiger partial charge in [0.2, 0.25) is 5.88 Å². The molecule has 1 aliphatic rings. The van der Waals surface area contributed by atoms with E-state index in [4.69, 9.17) is 18.6 Å². The zero-order chi connectivity index (χ0) is 33.6. The lowest BCUT2D eigenvalue weighted by molar-refractivity contribution is -0.156. The lowest BCUT2D eigenvalue weighted by atomic mass is 9.87. The van der Waals surface area contributed by atoms with Crippen molar-refractivity contribution in [2.75, 3.05) is 37.0 Å². The van der Waals surface area contributed by atoms with Gasteiger partial charge in [-0.25, -0.2) is 4.79 Å². The first-order valence-electron chi connectivity index (χ1n) is 15.9. The van der Waals surface area contributed by atoms with Gasteiger partial charge in [0.1, 0.15) is 22.3 Å². The van der Waals surface area contributed by atoms with Gasteiger partial charge in [0.05, 0.1) is 6.42 Å². The Morgan fingerprint density at radius 1 is 1.07 bits per heavy atom. The number of Topliss-reactive ketones (excluding diaryl/α,β-unsaturated/α-hetero) is 1. The largest absolute Gasteiger partial charge is 0.460 e. The number of pyridine rings is 2. The van der Waals surface area contributed by atoms with E-state index in [2.05, 4.69) is 27.1 Å². The molecule has 11 nitrogen and oxygen atoms in total. The Morgan fingerprint density at radius 2 is 1.80 bits per heavy atom. The van der Waals surface area contributed by atoms with Crippen molar-refractivity contribution in [3.8, 4) is 0 Å². The summed E-state index contributed by atoms with van der Waals surface area (Å²) in [4.78, 5) is 50.7. The van der Waals surface area contributed by atoms with Crippen LogP contribution in [-0.4, -0.2) is 65.8 Å². The second-order valence-electron chi connectivity index (χ2n) is 14.2. The number of aromatic nitrogens is 2. The van der Waals surface area contributed by atoms with Crippen molar-refractivity contribution in [3.63, 3.8) is 0 Å². The summed E-state index contributed by atoms with van der Waals surface area (Å²) in [6, 6.07) is 3.74. The number of furan rings is 1. The first kappa shape index (κ1) is 34.9. The minimum absolute atomic E-state index is 0.000309. The number of ketones is 1. The molecule has 0 spiro atoms. The number of methoxy groups -OCH3 is 1. The standard InChI is InChI=1S/C35H48N4O7/c1-22-14-24(16-29(41)45-34(2,3)4)21-39(20-22)26-11-12-36-19-25(26)17-27(40)30-31-28(15-23(18-37-31)10-9-13-43-8)44-32(30)38-33(42)46-35(5,6)7/h11-12,15,18-19,22,24H,9-10,13-14,16-17,20-21H2,1-8H3,(H,38,42)/t22-,24-/m1/s1. The van der Waals surface area contributed by atoms with Crippen LogP contribution < -0.4 is 10.2 Å². The summed E-state index contributed by atoms with van der Waals surface area (Å²) in [6.07, 6.45) is 7.15. The zero-order valence-corrected chi connectivity index (χ0v) is 28.4. The number of fused-ring (bicyclic) bond motifs is 1. The second-order valence-corrected chi connectivity index (χ2v) is 14.2. The third kappa shape index (κ3) is 9.75. The Bertz CT molecular complexity index is 1540. The number of aryl methyl sites for hydroxylation is 1. The molecule has 4 heterocycles. The molecule has 1 N–H and O–H groups in total. The molecule has 0 aliphatic carbocycles. The lowest BCUT2D eigenvalue weighted by Gasteiger charge is -2.38. The Hall–Kier alpha value is -3.99. The van der Waals surface area contributed by atoms with E-state index < -0.39 is 17.3 Å². The van der Waals surface area contributed by atoms with Crippen LogP contribution in [0.1, 0.15) is 89.2 Å². The number of piperidine rings is 1. The number of carbonyl (C=O) groups excluding carboxylic acids is 3. The predicted molar refractivity (Wildman–Crippen MR) is 176 cm³/mol. The van der Waals surface area contributed by atoms with Gasteiger partial charge in [-0.15, -0.1) is 0 Å². The predicted octanol–water partition coefficient (Wildman–Crippen LogP) is 6.77. The Labute approximate surface area is 271 Å². The molecule has 2 atom stereocenters. The molecule has 1 fully saturated rings. The average Bonchev–Trinajstić information content (AvgIpc) is 3.27. The summed E-state index contributed by atoms with van der Waals surface area (Å²) in [5.41, 5.74) is 2.18. The smallest absolute Gasteiger partial charge is 0.414 e. The minimum atomic E-state index is -0.745. The zero-order valence-electron chi connectivity index (χ0n) is 28.4. The van der Waals surface area contributed by atoms with Crippen LogP contribution in [0.25, 0.3) is 11.1 Å². The maximum Gasteiger partial charge on any atom is 0.414 e. The fraction of sp³-hybridized carbons (Fsp3) is 0.571. The van der Waals surface area contributed by atoms with Gasteiger partial charge in [0, 0.05) is 63.1 Å². The maximum atomic E-state index is 14.1. The topological polar surface area (TPSA) is 133 Å². The van der Waals surface area contributed by atoms with Crippen molar-refractivity contribution >= 4 is 40.5 Å². The van der Waals surface area contributed by atoms with Crippen LogP contribution in [0.5, 0.6) is 0 Å². The molecule has 1 amide bonds. The number of hydrogen-bond donors (Lipinski definition) is 1. The highest BCUT2D eigenvalue weighted by Gasteiger charge is 2.31. The highest BCUT2D eigenvalue weighted by molar-refractivity contribution is 6.12. The third-order valence-corrected chi connectivity index (χ3v) is 7.48. The van der Waals surface area contributed by atoms with Gasteiger partial charge < -0.3 is 23.5 Å². The van der Waals surface area contributed by atoms with Crippen LogP contribution >= 0.6 is 0 Å². The molecule has 3 aromatic rings. The number of ether oxygens (including phenoxy) is 3. The van der Waals surface area contributed by atoms with Crippen LogP contribution in [0.4, 0.5) is 16.4 Å². The van der Waals surface area contributed by atoms with Crippen LogP contribution in [-0.2, 0) is 31.8 Å². The highest BCUT2D eigenvalue weighted by atomic mass is 16.6. The van der Waals surface area contributed by atoms with Gasteiger partial charge in [0.25, 0.3) is 0 Å². The van der Waals surface area contributed by atoms with E-state index in [-0.39, 0.29) is 35.5 Å². The van der Waals surface area contributed by atoms with Crippen molar-refractivity contribution in [2.45, 2.75) is 91.8 Å². The van der Waals surface area contributed by atoms with Gasteiger partial charge in [-0.1, -0.05) is 6.92 Å². The molecule has 0 radical (unpaired) electrons.